The molecule has 9 heteroatoms. The van der Waals surface area contributed by atoms with Gasteiger partial charge >= 0.3 is 23.5 Å². The van der Waals surface area contributed by atoms with Gasteiger partial charge < -0.3 is 14.6 Å². The van der Waals surface area contributed by atoms with E-state index >= 15 is 0 Å². The van der Waals surface area contributed by atoms with Crippen molar-refractivity contribution < 1.29 is 29.0 Å². The summed E-state index contributed by atoms with van der Waals surface area (Å²) < 4.78 is 9.12. The Labute approximate surface area is 144 Å². The largest absolute Gasteiger partial charge is 0.528 e. The molecule has 1 aromatic rings. The SMILES string of the molecule is COC(=O)C(Cc1ccccc1)N(C(C)=O)C(=O)/C([N+]#N)=C(\O)OC. The number of hydrogen-bond donors (Lipinski definition) is 1. The normalized spacial score (nSPS) is 12.2. The number of carbonyl (C=O) groups is 3. The standard InChI is InChI=1S/C16H17N3O6/c1-10(20)19(14(21)13(18-17)16(23)25-3)12(15(22)24-2)9-11-7-5-4-6-8-11/h4-8,12H,9H2,1-3H3/p+1. The van der Waals surface area contributed by atoms with Crippen LogP contribution in [-0.4, -0.2) is 48.1 Å². The second-order valence-electron chi connectivity index (χ2n) is 4.88. The quantitative estimate of drug-likeness (QED) is 0.356. The van der Waals surface area contributed by atoms with E-state index in [4.69, 9.17) is 5.39 Å². The number of aliphatic hydroxyl groups excluding tert-OH is 1. The molecule has 0 spiro atoms. The summed E-state index contributed by atoms with van der Waals surface area (Å²) in [6.07, 6.45) is -0.0225. The molecule has 1 aromatic carbocycles. The van der Waals surface area contributed by atoms with Crippen LogP contribution in [0.5, 0.6) is 0 Å². The summed E-state index contributed by atoms with van der Waals surface area (Å²) in [5.41, 5.74) is -0.251. The minimum atomic E-state index is -1.32. The third-order valence-electron chi connectivity index (χ3n) is 3.31. The first-order chi connectivity index (χ1) is 11.9. The molecule has 0 saturated heterocycles. The molecule has 0 saturated carbocycles. The van der Waals surface area contributed by atoms with Gasteiger partial charge in [-0.2, -0.15) is 0 Å². The fraction of sp³-hybridized carbons (Fsp3) is 0.312. The number of rotatable bonds is 6. The maximum Gasteiger partial charge on any atom is 0.528 e. The Morgan fingerprint density at radius 3 is 2.24 bits per heavy atom. The number of nitrogens with zero attached hydrogens (tertiary/aromatic N) is 3. The number of hydrogen-bond acceptors (Lipinski definition) is 7. The van der Waals surface area contributed by atoms with Crippen molar-refractivity contribution in [2.24, 2.45) is 0 Å². The molecule has 9 nitrogen and oxygen atoms in total. The minimum Gasteiger partial charge on any atom is -0.475 e. The Morgan fingerprint density at radius 2 is 1.80 bits per heavy atom. The van der Waals surface area contributed by atoms with Crippen LogP contribution in [0.2, 0.25) is 0 Å². The second-order valence-corrected chi connectivity index (χ2v) is 4.88. The van der Waals surface area contributed by atoms with Crippen LogP contribution in [0.3, 0.4) is 0 Å². The highest BCUT2D eigenvalue weighted by molar-refractivity contribution is 6.07. The summed E-state index contributed by atoms with van der Waals surface area (Å²) in [4.78, 5) is 39.8. The average molecular weight is 348 g/mol. The molecule has 0 radical (unpaired) electrons. The van der Waals surface area contributed by atoms with Crippen molar-refractivity contribution >= 4 is 17.8 Å². The molecule has 0 aliphatic rings. The van der Waals surface area contributed by atoms with E-state index in [1.54, 1.807) is 30.3 Å². The highest BCUT2D eigenvalue weighted by Gasteiger charge is 2.43. The van der Waals surface area contributed by atoms with Crippen LogP contribution in [0.25, 0.3) is 4.98 Å². The second kappa shape index (κ2) is 9.02. The maximum absolute atomic E-state index is 12.5. The molecule has 1 rings (SSSR count). The molecule has 132 valence electrons. The molecule has 25 heavy (non-hydrogen) atoms. The van der Waals surface area contributed by atoms with Crippen molar-refractivity contribution in [2.75, 3.05) is 14.2 Å². The van der Waals surface area contributed by atoms with Crippen molar-refractivity contribution in [3.63, 3.8) is 0 Å². The zero-order valence-electron chi connectivity index (χ0n) is 14.0. The lowest BCUT2D eigenvalue weighted by molar-refractivity contribution is -0.157. The van der Waals surface area contributed by atoms with Crippen LogP contribution in [0, 0.1) is 5.39 Å². The fourth-order valence-corrected chi connectivity index (χ4v) is 2.15. The molecule has 0 aliphatic carbocycles. The smallest absolute Gasteiger partial charge is 0.475 e. The van der Waals surface area contributed by atoms with E-state index in [0.717, 1.165) is 21.1 Å². The number of amides is 2. The highest BCUT2D eigenvalue weighted by atomic mass is 16.6. The molecule has 0 heterocycles. The summed E-state index contributed by atoms with van der Waals surface area (Å²) in [6.45, 7) is 1.05. The third kappa shape index (κ3) is 4.78. The first-order valence-electron chi connectivity index (χ1n) is 7.15. The van der Waals surface area contributed by atoms with Gasteiger partial charge in [0.05, 0.1) is 14.2 Å². The van der Waals surface area contributed by atoms with Gasteiger partial charge in [-0.15, -0.1) is 0 Å². The highest BCUT2D eigenvalue weighted by Crippen LogP contribution is 2.17. The first kappa shape index (κ1) is 19.6. The number of aliphatic hydroxyl groups is 1. The molecular formula is C16H18N3O6+. The molecule has 2 amide bonds. The van der Waals surface area contributed by atoms with Gasteiger partial charge in [-0.1, -0.05) is 30.3 Å². The van der Waals surface area contributed by atoms with Crippen molar-refractivity contribution in [1.29, 1.82) is 5.39 Å². The summed E-state index contributed by atoms with van der Waals surface area (Å²) in [5, 5.41) is 18.5. The molecule has 0 bridgehead atoms. The van der Waals surface area contributed by atoms with E-state index < -0.39 is 35.5 Å². The zero-order valence-corrected chi connectivity index (χ0v) is 14.0. The Hall–Kier alpha value is -3.41. The van der Waals surface area contributed by atoms with Gasteiger partial charge in [0.1, 0.15) is 6.04 Å². The van der Waals surface area contributed by atoms with Crippen LogP contribution in [0.4, 0.5) is 0 Å². The topological polar surface area (TPSA) is 121 Å². The van der Waals surface area contributed by atoms with Crippen LogP contribution < -0.4 is 0 Å². The molecule has 0 aliphatic heterocycles. The number of ether oxygens (including phenoxy) is 2. The Kier molecular flexibility index (Phi) is 7.09. The molecule has 0 aromatic heterocycles. The summed E-state index contributed by atoms with van der Waals surface area (Å²) in [7, 11) is 2.15. The van der Waals surface area contributed by atoms with Gasteiger partial charge in [-0.05, 0) is 5.56 Å². The maximum atomic E-state index is 12.5. The predicted molar refractivity (Wildman–Crippen MR) is 85.2 cm³/mol. The van der Waals surface area contributed by atoms with E-state index in [9.17, 15) is 19.5 Å². The molecule has 1 N–H and O–H groups in total. The Morgan fingerprint density at radius 1 is 1.20 bits per heavy atom. The summed E-state index contributed by atoms with van der Waals surface area (Å²) in [6, 6.07) is 7.33. The van der Waals surface area contributed by atoms with Crippen molar-refractivity contribution in [1.82, 2.24) is 4.90 Å². The van der Waals surface area contributed by atoms with E-state index in [0.29, 0.717) is 10.5 Å². The first-order valence-corrected chi connectivity index (χ1v) is 7.15. The molecule has 1 atom stereocenters. The Balaban J connectivity index is 3.34. The van der Waals surface area contributed by atoms with Crippen molar-refractivity contribution in [3.8, 4) is 0 Å². The number of esters is 1. The molecule has 0 fully saturated rings. The number of diazo groups is 1. The lowest BCUT2D eigenvalue weighted by Crippen LogP contribution is -2.50. The van der Waals surface area contributed by atoms with Gasteiger partial charge in [0.15, 0.2) is 4.98 Å². The molecule has 1 unspecified atom stereocenters. The minimum absolute atomic E-state index is 0.0225. The monoisotopic (exact) mass is 348 g/mol. The van der Waals surface area contributed by atoms with Crippen LogP contribution in [0.1, 0.15) is 12.5 Å². The van der Waals surface area contributed by atoms with Crippen molar-refractivity contribution in [2.45, 2.75) is 19.4 Å². The number of carbonyl (C=O) groups excluding carboxylic acids is 3. The van der Waals surface area contributed by atoms with E-state index in [2.05, 4.69) is 14.4 Å². The summed E-state index contributed by atoms with van der Waals surface area (Å²) in [5.74, 6) is -3.86. The zero-order chi connectivity index (χ0) is 19.0. The van der Waals surface area contributed by atoms with Crippen LogP contribution in [-0.2, 0) is 30.3 Å². The fourth-order valence-electron chi connectivity index (χ4n) is 2.15. The van der Waals surface area contributed by atoms with E-state index in [1.807, 2.05) is 0 Å². The number of imide groups is 1. The average Bonchev–Trinajstić information content (AvgIpc) is 2.61. The Bertz CT molecular complexity index is 723. The van der Waals surface area contributed by atoms with Gasteiger partial charge in [-0.25, -0.2) is 4.79 Å². The van der Waals surface area contributed by atoms with Crippen molar-refractivity contribution in [3.05, 3.63) is 52.5 Å². The van der Waals surface area contributed by atoms with Gasteiger partial charge in [-0.3, -0.25) is 14.5 Å². The van der Waals surface area contributed by atoms with Gasteiger partial charge in [0.2, 0.25) is 11.3 Å². The predicted octanol–water partition coefficient (Wildman–Crippen LogP) is 1.37. The lowest BCUT2D eigenvalue weighted by Gasteiger charge is -2.25. The van der Waals surface area contributed by atoms with Gasteiger partial charge in [0, 0.05) is 13.3 Å². The van der Waals surface area contributed by atoms with E-state index in [-0.39, 0.29) is 6.42 Å². The number of benzene rings is 1. The van der Waals surface area contributed by atoms with E-state index in [1.165, 1.54) is 0 Å². The third-order valence-corrected chi connectivity index (χ3v) is 3.31. The number of methoxy groups -OCH3 is 2. The van der Waals surface area contributed by atoms with Crippen LogP contribution >= 0.6 is 0 Å². The lowest BCUT2D eigenvalue weighted by atomic mass is 10.0. The summed E-state index contributed by atoms with van der Waals surface area (Å²) >= 11 is 0. The van der Waals surface area contributed by atoms with Crippen LogP contribution in [0.15, 0.2) is 42.0 Å². The van der Waals surface area contributed by atoms with Gasteiger partial charge in [0.25, 0.3) is 0 Å². The molecular weight excluding hydrogens is 330 g/mol.